The van der Waals surface area contributed by atoms with E-state index in [9.17, 15) is 8.76 Å². The Bertz CT molecular complexity index is 86.1. The van der Waals surface area contributed by atoms with Gasteiger partial charge >= 0.3 is 0 Å². The molecule has 0 aliphatic carbocycles. The van der Waals surface area contributed by atoms with Gasteiger partial charge in [-0.25, -0.2) is 4.31 Å². The molecule has 0 aliphatic rings. The van der Waals surface area contributed by atoms with Crippen molar-refractivity contribution in [1.29, 1.82) is 0 Å². The van der Waals surface area contributed by atoms with Crippen LogP contribution in [0.2, 0.25) is 0 Å². The van der Waals surface area contributed by atoms with Gasteiger partial charge in [0.25, 0.3) is 0 Å². The van der Waals surface area contributed by atoms with Crippen molar-refractivity contribution in [3.8, 4) is 0 Å². The van der Waals surface area contributed by atoms with Gasteiger partial charge in [0.2, 0.25) is 0 Å². The van der Waals surface area contributed by atoms with Gasteiger partial charge in [-0.1, -0.05) is 31.9 Å². The van der Waals surface area contributed by atoms with Gasteiger partial charge in [-0.15, -0.1) is 0 Å². The quantitative estimate of drug-likeness (QED) is 0.430. The molecule has 1 atom stereocenters. The lowest BCUT2D eigenvalue weighted by atomic mass is 11.3. The van der Waals surface area contributed by atoms with Crippen LogP contribution >= 0.6 is 31.9 Å². The van der Waals surface area contributed by atoms with E-state index in [0.29, 0.717) is 10.9 Å². The summed E-state index contributed by atoms with van der Waals surface area (Å²) in [5, 5.41) is 0. The summed E-state index contributed by atoms with van der Waals surface area (Å²) in [7, 11) is 0. The standard InChI is InChI=1S/C2H5Br2NO2S/c3-1-5(2-4)8(6)7/h1-2H2,(H,6,7)/p-1. The molecule has 0 aliphatic heterocycles. The Hall–Kier alpha value is 1.03. The van der Waals surface area contributed by atoms with E-state index in [0.717, 1.165) is 0 Å². The fourth-order valence-electron chi connectivity index (χ4n) is 0.112. The zero-order chi connectivity index (χ0) is 6.57. The Morgan fingerprint density at radius 2 is 1.88 bits per heavy atom. The van der Waals surface area contributed by atoms with E-state index in [-0.39, 0.29) is 0 Å². The zero-order valence-corrected chi connectivity index (χ0v) is 7.83. The molecule has 1 unspecified atom stereocenters. The third kappa shape index (κ3) is 3.13. The van der Waals surface area contributed by atoms with Crippen molar-refractivity contribution < 1.29 is 8.76 Å². The number of rotatable bonds is 3. The first kappa shape index (κ1) is 9.03. The number of alkyl halides is 2. The molecule has 0 N–H and O–H groups in total. The van der Waals surface area contributed by atoms with E-state index < -0.39 is 11.3 Å². The molecule has 50 valence electrons. The van der Waals surface area contributed by atoms with Crippen molar-refractivity contribution in [1.82, 2.24) is 4.31 Å². The Labute approximate surface area is 67.1 Å². The summed E-state index contributed by atoms with van der Waals surface area (Å²) >= 11 is 3.85. The summed E-state index contributed by atoms with van der Waals surface area (Å²) in [6.45, 7) is 0. The van der Waals surface area contributed by atoms with Crippen LogP contribution in [0.3, 0.4) is 0 Å². The molecule has 0 saturated heterocycles. The predicted molar refractivity (Wildman–Crippen MR) is 38.3 cm³/mol. The SMILES string of the molecule is O=S([O-])N(CBr)CBr. The van der Waals surface area contributed by atoms with Gasteiger partial charge in [-0.3, -0.25) is 4.21 Å². The molecule has 0 aromatic carbocycles. The molecular formula is C2H4Br2NO2S-. The first-order chi connectivity index (χ1) is 3.72. The van der Waals surface area contributed by atoms with E-state index in [4.69, 9.17) is 0 Å². The van der Waals surface area contributed by atoms with Gasteiger partial charge in [0.05, 0.1) is 10.9 Å². The van der Waals surface area contributed by atoms with Gasteiger partial charge in [-0.2, -0.15) is 0 Å². The van der Waals surface area contributed by atoms with E-state index in [1.54, 1.807) is 0 Å². The largest absolute Gasteiger partial charge is 0.760 e. The molecule has 0 saturated carbocycles. The average molecular weight is 266 g/mol. The minimum absolute atomic E-state index is 0.328. The van der Waals surface area contributed by atoms with Gasteiger partial charge in [-0.05, 0) is 0 Å². The van der Waals surface area contributed by atoms with Crippen LogP contribution in [0.1, 0.15) is 0 Å². The lowest BCUT2D eigenvalue weighted by Gasteiger charge is -2.17. The van der Waals surface area contributed by atoms with Crippen LogP contribution in [0.5, 0.6) is 0 Å². The smallest absolute Gasteiger partial charge is 0.0666 e. The van der Waals surface area contributed by atoms with Gasteiger partial charge in [0, 0.05) is 11.3 Å². The Kier molecular flexibility index (Phi) is 5.49. The first-order valence-corrected chi connectivity index (χ1v) is 4.96. The highest BCUT2D eigenvalue weighted by molar-refractivity contribution is 9.09. The summed E-state index contributed by atoms with van der Waals surface area (Å²) in [6, 6.07) is 0. The van der Waals surface area contributed by atoms with Crippen molar-refractivity contribution >= 4 is 43.1 Å². The van der Waals surface area contributed by atoms with E-state index >= 15 is 0 Å². The van der Waals surface area contributed by atoms with Crippen LogP contribution in [0.15, 0.2) is 0 Å². The van der Waals surface area contributed by atoms with E-state index in [2.05, 4.69) is 31.9 Å². The lowest BCUT2D eigenvalue weighted by Crippen LogP contribution is -2.21. The molecule has 3 nitrogen and oxygen atoms in total. The maximum atomic E-state index is 10.0. The van der Waals surface area contributed by atoms with Crippen molar-refractivity contribution in [3.05, 3.63) is 0 Å². The third-order valence-electron chi connectivity index (χ3n) is 0.477. The maximum Gasteiger partial charge on any atom is 0.0666 e. The molecule has 0 rings (SSSR count). The molecule has 6 heteroatoms. The summed E-state index contributed by atoms with van der Waals surface area (Å²) < 4.78 is 21.2. The zero-order valence-electron chi connectivity index (χ0n) is 3.84. The van der Waals surface area contributed by atoms with E-state index in [1.807, 2.05) is 0 Å². The normalized spacial score (nSPS) is 14.5. The second kappa shape index (κ2) is 4.87. The third-order valence-corrected chi connectivity index (χ3v) is 3.03. The van der Waals surface area contributed by atoms with Gasteiger partial charge in [0.15, 0.2) is 0 Å². The van der Waals surface area contributed by atoms with Crippen LogP contribution < -0.4 is 0 Å². The monoisotopic (exact) mass is 264 g/mol. The van der Waals surface area contributed by atoms with Crippen LogP contribution in [-0.2, 0) is 11.3 Å². The second-order valence-corrected chi connectivity index (χ2v) is 2.89. The van der Waals surface area contributed by atoms with Crippen LogP contribution in [-0.4, -0.2) is 24.0 Å². The van der Waals surface area contributed by atoms with Crippen molar-refractivity contribution in [2.75, 3.05) is 10.9 Å². The van der Waals surface area contributed by atoms with Crippen molar-refractivity contribution in [2.45, 2.75) is 0 Å². The second-order valence-electron chi connectivity index (χ2n) is 0.938. The van der Waals surface area contributed by atoms with Gasteiger partial charge in [0.1, 0.15) is 0 Å². The summed E-state index contributed by atoms with van der Waals surface area (Å²) in [6.07, 6.45) is 0. The first-order valence-electron chi connectivity index (χ1n) is 1.68. The molecule has 0 fully saturated rings. The van der Waals surface area contributed by atoms with Crippen LogP contribution in [0.25, 0.3) is 0 Å². The molecule has 0 aromatic heterocycles. The number of hydrogen-bond donors (Lipinski definition) is 0. The Morgan fingerprint density at radius 1 is 1.50 bits per heavy atom. The minimum Gasteiger partial charge on any atom is -0.760 e. The molecule has 8 heavy (non-hydrogen) atoms. The van der Waals surface area contributed by atoms with Gasteiger partial charge < -0.3 is 4.55 Å². The summed E-state index contributed by atoms with van der Waals surface area (Å²) in [4.78, 5) is 0. The summed E-state index contributed by atoms with van der Waals surface area (Å²) in [5.74, 6) is 0. The number of hydrogen-bond acceptors (Lipinski definition) is 2. The Balaban J connectivity index is 3.52. The number of nitrogens with zero attached hydrogens (tertiary/aromatic N) is 1. The highest BCUT2D eigenvalue weighted by Gasteiger charge is 1.96. The lowest BCUT2D eigenvalue weighted by molar-refractivity contribution is 0.461. The fourth-order valence-corrected chi connectivity index (χ4v) is 2.10. The molecular weight excluding hydrogens is 262 g/mol. The molecule has 0 spiro atoms. The van der Waals surface area contributed by atoms with Crippen LogP contribution in [0.4, 0.5) is 0 Å². The average Bonchev–Trinajstić information content (AvgIpc) is 1.69. The Morgan fingerprint density at radius 3 is 1.88 bits per heavy atom. The minimum atomic E-state index is -2.11. The fraction of sp³-hybridized carbons (Fsp3) is 1.00. The molecule has 0 heterocycles. The molecule has 0 radical (unpaired) electrons. The van der Waals surface area contributed by atoms with Crippen LogP contribution in [0, 0.1) is 0 Å². The molecule has 0 amide bonds. The maximum absolute atomic E-state index is 10.0. The molecule has 0 aromatic rings. The highest BCUT2D eigenvalue weighted by Crippen LogP contribution is 1.98. The number of halogens is 2. The summed E-state index contributed by atoms with van der Waals surface area (Å²) in [5.41, 5.74) is 0.655. The predicted octanol–water partition coefficient (Wildman–Crippen LogP) is 0.787. The highest BCUT2D eigenvalue weighted by atomic mass is 79.9. The van der Waals surface area contributed by atoms with E-state index in [1.165, 1.54) is 4.31 Å². The van der Waals surface area contributed by atoms with Crippen molar-refractivity contribution in [3.63, 3.8) is 0 Å². The molecule has 0 bridgehead atoms. The van der Waals surface area contributed by atoms with Crippen molar-refractivity contribution in [2.24, 2.45) is 0 Å². The topological polar surface area (TPSA) is 43.4 Å².